The average molecular weight is 307 g/mol. The van der Waals surface area contributed by atoms with Gasteiger partial charge in [0.25, 0.3) is 0 Å². The van der Waals surface area contributed by atoms with E-state index >= 15 is 0 Å². The number of aromatic nitrogens is 2. The number of halogens is 2. The summed E-state index contributed by atoms with van der Waals surface area (Å²) in [6.07, 6.45) is 4.76. The van der Waals surface area contributed by atoms with Crippen LogP contribution in [0.1, 0.15) is 24.5 Å². The van der Waals surface area contributed by atoms with Gasteiger partial charge in [-0.25, -0.2) is 8.78 Å². The number of likely N-dealkylation sites (tertiary alicyclic amines) is 1. The molecule has 1 saturated heterocycles. The molecule has 2 atom stereocenters. The number of hydrogen-bond donors (Lipinski definition) is 1. The van der Waals surface area contributed by atoms with Gasteiger partial charge in [0, 0.05) is 36.6 Å². The van der Waals surface area contributed by atoms with Crippen LogP contribution in [0.25, 0.3) is 0 Å². The van der Waals surface area contributed by atoms with Gasteiger partial charge in [-0.1, -0.05) is 6.07 Å². The summed E-state index contributed by atoms with van der Waals surface area (Å²) in [7, 11) is 0. The van der Waals surface area contributed by atoms with Gasteiger partial charge >= 0.3 is 0 Å². The number of aliphatic hydroxyl groups excluding tert-OH is 1. The molecular weight excluding hydrogens is 288 g/mol. The first kappa shape index (κ1) is 15.1. The van der Waals surface area contributed by atoms with E-state index in [1.165, 1.54) is 12.1 Å². The lowest BCUT2D eigenvalue weighted by Gasteiger charge is -2.27. The van der Waals surface area contributed by atoms with E-state index in [0.29, 0.717) is 6.54 Å². The van der Waals surface area contributed by atoms with Gasteiger partial charge in [-0.15, -0.1) is 0 Å². The van der Waals surface area contributed by atoms with Gasteiger partial charge in [0.05, 0.1) is 12.6 Å². The first-order chi connectivity index (χ1) is 10.6. The van der Waals surface area contributed by atoms with Crippen LogP contribution in [0.5, 0.6) is 0 Å². The molecule has 0 radical (unpaired) electrons. The largest absolute Gasteiger partial charge is 0.387 e. The number of rotatable bonds is 5. The zero-order chi connectivity index (χ0) is 15.5. The summed E-state index contributed by atoms with van der Waals surface area (Å²) in [6.45, 7) is 1.96. The van der Waals surface area contributed by atoms with Crippen molar-refractivity contribution in [1.29, 1.82) is 0 Å². The Morgan fingerprint density at radius 3 is 2.95 bits per heavy atom. The molecule has 1 aromatic heterocycles. The summed E-state index contributed by atoms with van der Waals surface area (Å²) in [5, 5.41) is 14.5. The van der Waals surface area contributed by atoms with E-state index in [1.54, 1.807) is 6.20 Å². The highest BCUT2D eigenvalue weighted by atomic mass is 19.1. The van der Waals surface area contributed by atoms with Gasteiger partial charge in [0.15, 0.2) is 0 Å². The van der Waals surface area contributed by atoms with Crippen molar-refractivity contribution in [1.82, 2.24) is 14.7 Å². The van der Waals surface area contributed by atoms with Crippen LogP contribution in [-0.4, -0.2) is 38.9 Å². The highest BCUT2D eigenvalue weighted by molar-refractivity contribution is 5.21. The molecule has 6 heteroatoms. The second-order valence-corrected chi connectivity index (χ2v) is 5.70. The molecule has 1 aliphatic heterocycles. The first-order valence-corrected chi connectivity index (χ1v) is 7.48. The summed E-state index contributed by atoms with van der Waals surface area (Å²) in [5.41, 5.74) is 0.145. The minimum Gasteiger partial charge on any atom is -0.387 e. The highest BCUT2D eigenvalue weighted by Crippen LogP contribution is 2.24. The Kier molecular flexibility index (Phi) is 4.49. The van der Waals surface area contributed by atoms with Gasteiger partial charge in [-0.2, -0.15) is 5.10 Å². The third kappa shape index (κ3) is 3.34. The van der Waals surface area contributed by atoms with Crippen molar-refractivity contribution in [3.63, 3.8) is 0 Å². The third-order valence-corrected chi connectivity index (χ3v) is 4.19. The molecule has 0 aliphatic carbocycles. The van der Waals surface area contributed by atoms with Crippen molar-refractivity contribution in [3.8, 4) is 0 Å². The van der Waals surface area contributed by atoms with E-state index in [4.69, 9.17) is 0 Å². The van der Waals surface area contributed by atoms with E-state index in [2.05, 4.69) is 10.00 Å². The maximum Gasteiger partial charge on any atom is 0.131 e. The minimum atomic E-state index is -0.959. The molecule has 0 spiro atoms. The molecule has 0 unspecified atom stereocenters. The number of nitrogens with zero attached hydrogens (tertiary/aromatic N) is 3. The van der Waals surface area contributed by atoms with E-state index in [9.17, 15) is 13.9 Å². The van der Waals surface area contributed by atoms with Gasteiger partial charge in [-0.3, -0.25) is 9.58 Å². The molecule has 3 rings (SSSR count). The second-order valence-electron chi connectivity index (χ2n) is 5.70. The Morgan fingerprint density at radius 1 is 1.36 bits per heavy atom. The third-order valence-electron chi connectivity index (χ3n) is 4.19. The lowest BCUT2D eigenvalue weighted by molar-refractivity contribution is 0.0977. The van der Waals surface area contributed by atoms with Crippen molar-refractivity contribution < 1.29 is 13.9 Å². The molecule has 4 nitrogen and oxygen atoms in total. The molecule has 2 heterocycles. The van der Waals surface area contributed by atoms with E-state index in [-0.39, 0.29) is 11.6 Å². The van der Waals surface area contributed by atoms with E-state index in [0.717, 1.165) is 32.0 Å². The van der Waals surface area contributed by atoms with Crippen LogP contribution in [0.3, 0.4) is 0 Å². The van der Waals surface area contributed by atoms with Crippen LogP contribution in [-0.2, 0) is 6.54 Å². The monoisotopic (exact) mass is 307 g/mol. The van der Waals surface area contributed by atoms with Crippen LogP contribution in [0.15, 0.2) is 36.7 Å². The number of benzene rings is 1. The fraction of sp³-hybridized carbons (Fsp3) is 0.438. The second kappa shape index (κ2) is 6.54. The summed E-state index contributed by atoms with van der Waals surface area (Å²) in [4.78, 5) is 2.15. The summed E-state index contributed by atoms with van der Waals surface area (Å²) in [6, 6.07) is 5.45. The maximum absolute atomic E-state index is 13.7. The van der Waals surface area contributed by atoms with Crippen LogP contribution in [0.2, 0.25) is 0 Å². The molecule has 1 aliphatic rings. The van der Waals surface area contributed by atoms with Crippen LogP contribution >= 0.6 is 0 Å². The quantitative estimate of drug-likeness (QED) is 0.922. The van der Waals surface area contributed by atoms with Crippen LogP contribution in [0.4, 0.5) is 8.78 Å². The molecule has 0 amide bonds. The molecule has 0 bridgehead atoms. The van der Waals surface area contributed by atoms with Gasteiger partial charge in [0.2, 0.25) is 0 Å². The number of hydrogen-bond acceptors (Lipinski definition) is 3. The van der Waals surface area contributed by atoms with Crippen molar-refractivity contribution in [2.75, 3.05) is 13.1 Å². The summed E-state index contributed by atoms with van der Waals surface area (Å²) >= 11 is 0. The molecule has 1 fully saturated rings. The summed E-state index contributed by atoms with van der Waals surface area (Å²) in [5.74, 6) is -1.33. The average Bonchev–Trinajstić information content (AvgIpc) is 3.12. The molecule has 1 aromatic carbocycles. The predicted octanol–water partition coefficient (Wildman–Crippen LogP) is 2.36. The topological polar surface area (TPSA) is 41.3 Å². The minimum absolute atomic E-state index is 0.145. The van der Waals surface area contributed by atoms with Gasteiger partial charge in [-0.05, 0) is 31.5 Å². The lowest BCUT2D eigenvalue weighted by Crippen LogP contribution is -2.36. The van der Waals surface area contributed by atoms with Crippen molar-refractivity contribution in [3.05, 3.63) is 53.9 Å². The number of β-amino-alcohol motifs (C(OH)–C–C–N with tert-alkyl or cyclic N) is 1. The molecule has 2 aromatic rings. The molecule has 22 heavy (non-hydrogen) atoms. The van der Waals surface area contributed by atoms with Crippen molar-refractivity contribution in [2.24, 2.45) is 0 Å². The fourth-order valence-electron chi connectivity index (χ4n) is 3.06. The molecule has 1 N–H and O–H groups in total. The standard InChI is InChI=1S/C16H19F2N3O/c17-12-4-5-14(15(18)9-12)16(22)11-20-7-1-3-13(20)10-21-8-2-6-19-21/h2,4-6,8-9,13,16,22H,1,3,7,10-11H2/t13-,16-/m0/s1. The Morgan fingerprint density at radius 2 is 2.23 bits per heavy atom. The Bertz CT molecular complexity index is 618. The van der Waals surface area contributed by atoms with E-state index in [1.807, 2.05) is 16.9 Å². The van der Waals surface area contributed by atoms with Crippen LogP contribution < -0.4 is 0 Å². The molecular formula is C16H19F2N3O. The first-order valence-electron chi connectivity index (χ1n) is 7.48. The fourth-order valence-corrected chi connectivity index (χ4v) is 3.06. The zero-order valence-electron chi connectivity index (χ0n) is 12.2. The van der Waals surface area contributed by atoms with Crippen molar-refractivity contribution in [2.45, 2.75) is 31.5 Å². The molecule has 0 saturated carbocycles. The smallest absolute Gasteiger partial charge is 0.131 e. The highest BCUT2D eigenvalue weighted by Gasteiger charge is 2.28. The zero-order valence-corrected chi connectivity index (χ0v) is 12.2. The SMILES string of the molecule is O[C@@H](CN1CCC[C@H]1Cn1cccn1)c1ccc(F)cc1F. The Hall–Kier alpha value is -1.79. The number of aliphatic hydroxyl groups is 1. The maximum atomic E-state index is 13.7. The van der Waals surface area contributed by atoms with Gasteiger partial charge in [0.1, 0.15) is 11.6 Å². The normalized spacial score (nSPS) is 20.4. The Balaban J connectivity index is 1.65. The van der Waals surface area contributed by atoms with Crippen molar-refractivity contribution >= 4 is 0 Å². The van der Waals surface area contributed by atoms with Crippen LogP contribution in [0, 0.1) is 11.6 Å². The summed E-state index contributed by atoms with van der Waals surface area (Å²) < 4.78 is 28.6. The van der Waals surface area contributed by atoms with Gasteiger partial charge < -0.3 is 5.11 Å². The lowest BCUT2D eigenvalue weighted by atomic mass is 10.1. The Labute approximate surface area is 128 Å². The molecule has 118 valence electrons. The van der Waals surface area contributed by atoms with E-state index < -0.39 is 17.7 Å². The predicted molar refractivity (Wildman–Crippen MR) is 78.1 cm³/mol.